The summed E-state index contributed by atoms with van der Waals surface area (Å²) in [5, 5.41) is 3.14. The number of benzene rings is 2. The molecule has 0 saturated carbocycles. The molecule has 1 saturated heterocycles. The third-order valence-electron chi connectivity index (χ3n) is 4.86. The lowest BCUT2D eigenvalue weighted by molar-refractivity contribution is 0.0938. The number of rotatable bonds is 5. The van der Waals surface area contributed by atoms with Gasteiger partial charge in [-0.25, -0.2) is 9.97 Å². The van der Waals surface area contributed by atoms with Gasteiger partial charge >= 0.3 is 0 Å². The van der Waals surface area contributed by atoms with Crippen LogP contribution < -0.4 is 10.2 Å². The predicted molar refractivity (Wildman–Crippen MR) is 106 cm³/mol. The number of nitrogens with zero attached hydrogens (tertiary/aromatic N) is 3. The van der Waals surface area contributed by atoms with Crippen LogP contribution in [0.4, 0.5) is 5.82 Å². The van der Waals surface area contributed by atoms with Crippen molar-refractivity contribution in [3.63, 3.8) is 0 Å². The van der Waals surface area contributed by atoms with E-state index in [9.17, 15) is 4.79 Å². The Labute approximate surface area is 159 Å². The minimum Gasteiger partial charge on any atom is -0.357 e. The molecule has 5 nitrogen and oxygen atoms in total. The predicted octanol–water partition coefficient (Wildman–Crippen LogP) is 3.60. The van der Waals surface area contributed by atoms with Gasteiger partial charge in [-0.1, -0.05) is 60.7 Å². The topological polar surface area (TPSA) is 58.1 Å². The van der Waals surface area contributed by atoms with Crippen LogP contribution in [0.3, 0.4) is 0 Å². The number of amides is 1. The second-order valence-electron chi connectivity index (χ2n) is 6.68. The van der Waals surface area contributed by atoms with E-state index in [0.717, 1.165) is 42.9 Å². The van der Waals surface area contributed by atoms with Crippen LogP contribution in [-0.4, -0.2) is 29.0 Å². The number of anilines is 1. The molecular weight excluding hydrogens is 336 g/mol. The van der Waals surface area contributed by atoms with Crippen molar-refractivity contribution in [1.29, 1.82) is 0 Å². The highest BCUT2D eigenvalue weighted by Crippen LogP contribution is 2.23. The molecule has 1 aromatic heterocycles. The highest BCUT2D eigenvalue weighted by molar-refractivity contribution is 5.93. The molecule has 0 bridgehead atoms. The Balaban J connectivity index is 1.60. The molecule has 1 N–H and O–H groups in total. The van der Waals surface area contributed by atoms with Crippen LogP contribution in [0.5, 0.6) is 0 Å². The fourth-order valence-corrected chi connectivity index (χ4v) is 3.45. The number of carbonyl (C=O) groups excluding carboxylic acids is 1. The normalized spacial score (nSPS) is 13.7. The Bertz CT molecular complexity index is 853. The van der Waals surface area contributed by atoms with Crippen LogP contribution in [0.1, 0.15) is 40.5 Å². The number of hydrogen-bond donors (Lipinski definition) is 1. The number of hydrogen-bond acceptors (Lipinski definition) is 4. The molecule has 0 unspecified atom stereocenters. The molecule has 2 heterocycles. The van der Waals surface area contributed by atoms with Crippen molar-refractivity contribution in [2.24, 2.45) is 0 Å². The van der Waals surface area contributed by atoms with Crippen LogP contribution in [-0.2, 0) is 0 Å². The fourth-order valence-electron chi connectivity index (χ4n) is 3.45. The van der Waals surface area contributed by atoms with Gasteiger partial charge in [-0.05, 0) is 24.0 Å². The van der Waals surface area contributed by atoms with E-state index in [1.165, 1.54) is 6.33 Å². The van der Waals surface area contributed by atoms with Crippen molar-refractivity contribution in [1.82, 2.24) is 15.3 Å². The van der Waals surface area contributed by atoms with Crippen LogP contribution in [0.15, 0.2) is 73.1 Å². The van der Waals surface area contributed by atoms with Gasteiger partial charge in [0, 0.05) is 19.2 Å². The van der Waals surface area contributed by atoms with E-state index in [2.05, 4.69) is 20.2 Å². The maximum absolute atomic E-state index is 12.9. The lowest BCUT2D eigenvalue weighted by atomic mass is 9.98. The Morgan fingerprint density at radius 2 is 1.48 bits per heavy atom. The molecule has 1 fully saturated rings. The summed E-state index contributed by atoms with van der Waals surface area (Å²) in [6, 6.07) is 21.5. The van der Waals surface area contributed by atoms with Crippen LogP contribution in [0.2, 0.25) is 0 Å². The smallest absolute Gasteiger partial charge is 0.270 e. The van der Waals surface area contributed by atoms with Crippen molar-refractivity contribution >= 4 is 11.7 Å². The van der Waals surface area contributed by atoms with Gasteiger partial charge in [-0.15, -0.1) is 0 Å². The summed E-state index contributed by atoms with van der Waals surface area (Å²) in [5.74, 6) is 0.624. The molecule has 0 radical (unpaired) electrons. The first-order valence-electron chi connectivity index (χ1n) is 9.29. The number of aromatic nitrogens is 2. The maximum atomic E-state index is 12.9. The average molecular weight is 358 g/mol. The lowest BCUT2D eigenvalue weighted by Crippen LogP contribution is -2.30. The number of carbonyl (C=O) groups is 1. The zero-order valence-corrected chi connectivity index (χ0v) is 15.1. The molecular formula is C22H22N4O. The highest BCUT2D eigenvalue weighted by atomic mass is 16.1. The van der Waals surface area contributed by atoms with Gasteiger partial charge in [0.05, 0.1) is 6.04 Å². The first-order valence-corrected chi connectivity index (χ1v) is 9.29. The highest BCUT2D eigenvalue weighted by Gasteiger charge is 2.20. The van der Waals surface area contributed by atoms with Gasteiger partial charge in [-0.2, -0.15) is 0 Å². The summed E-state index contributed by atoms with van der Waals surface area (Å²) in [5.41, 5.74) is 2.46. The Morgan fingerprint density at radius 1 is 0.889 bits per heavy atom. The van der Waals surface area contributed by atoms with Gasteiger partial charge in [-0.3, -0.25) is 4.79 Å². The molecule has 3 aromatic rings. The van der Waals surface area contributed by atoms with Gasteiger partial charge in [0.1, 0.15) is 17.8 Å². The second kappa shape index (κ2) is 7.99. The molecule has 27 heavy (non-hydrogen) atoms. The van der Waals surface area contributed by atoms with Gasteiger partial charge in [0.15, 0.2) is 0 Å². The monoisotopic (exact) mass is 358 g/mol. The summed E-state index contributed by atoms with van der Waals surface area (Å²) in [6.45, 7) is 1.96. The van der Waals surface area contributed by atoms with Crippen molar-refractivity contribution in [2.75, 3.05) is 18.0 Å². The maximum Gasteiger partial charge on any atom is 0.270 e. The summed E-state index contributed by atoms with van der Waals surface area (Å²) >= 11 is 0. The van der Waals surface area contributed by atoms with Crippen LogP contribution in [0.25, 0.3) is 0 Å². The van der Waals surface area contributed by atoms with Crippen LogP contribution in [0, 0.1) is 0 Å². The minimum absolute atomic E-state index is 0.199. The van der Waals surface area contributed by atoms with Crippen molar-refractivity contribution in [3.8, 4) is 0 Å². The zero-order valence-electron chi connectivity index (χ0n) is 15.1. The molecule has 5 heteroatoms. The third-order valence-corrected chi connectivity index (χ3v) is 4.86. The number of nitrogens with one attached hydrogen (secondary N) is 1. The summed E-state index contributed by atoms with van der Waals surface area (Å²) in [7, 11) is 0. The van der Waals surface area contributed by atoms with E-state index < -0.39 is 0 Å². The summed E-state index contributed by atoms with van der Waals surface area (Å²) in [4.78, 5) is 23.7. The van der Waals surface area contributed by atoms with E-state index in [1.807, 2.05) is 60.7 Å². The SMILES string of the molecule is O=C(NC(c1ccccc1)c1ccccc1)c1cc(N2CCCC2)ncn1. The largest absolute Gasteiger partial charge is 0.357 e. The zero-order chi connectivity index (χ0) is 18.5. The molecule has 0 atom stereocenters. The molecule has 1 aliphatic heterocycles. The Kier molecular flexibility index (Phi) is 5.10. The summed E-state index contributed by atoms with van der Waals surface area (Å²) in [6.07, 6.45) is 3.80. The van der Waals surface area contributed by atoms with Gasteiger partial charge in [0.25, 0.3) is 5.91 Å². The molecule has 1 amide bonds. The van der Waals surface area contributed by atoms with E-state index in [0.29, 0.717) is 5.69 Å². The van der Waals surface area contributed by atoms with E-state index in [4.69, 9.17) is 0 Å². The van der Waals surface area contributed by atoms with Crippen molar-refractivity contribution in [2.45, 2.75) is 18.9 Å². The first kappa shape index (κ1) is 17.2. The van der Waals surface area contributed by atoms with E-state index >= 15 is 0 Å². The lowest BCUT2D eigenvalue weighted by Gasteiger charge is -2.20. The third kappa shape index (κ3) is 3.97. The van der Waals surface area contributed by atoms with Gasteiger partial charge < -0.3 is 10.2 Å². The molecule has 2 aromatic carbocycles. The summed E-state index contributed by atoms with van der Waals surface area (Å²) < 4.78 is 0. The second-order valence-corrected chi connectivity index (χ2v) is 6.68. The van der Waals surface area contributed by atoms with E-state index in [1.54, 1.807) is 6.07 Å². The van der Waals surface area contributed by atoms with Crippen molar-refractivity contribution in [3.05, 3.63) is 89.9 Å². The van der Waals surface area contributed by atoms with Gasteiger partial charge in [0.2, 0.25) is 0 Å². The van der Waals surface area contributed by atoms with Crippen LogP contribution >= 0.6 is 0 Å². The first-order chi connectivity index (χ1) is 13.3. The van der Waals surface area contributed by atoms with Crippen molar-refractivity contribution < 1.29 is 4.79 Å². The molecule has 4 rings (SSSR count). The molecule has 0 aliphatic carbocycles. The van der Waals surface area contributed by atoms with E-state index in [-0.39, 0.29) is 11.9 Å². The standard InChI is InChI=1S/C22H22N4O/c27-22(19-15-20(24-16-23-19)26-13-7-8-14-26)25-21(17-9-3-1-4-10-17)18-11-5-2-6-12-18/h1-6,9-12,15-16,21H,7-8,13-14H2,(H,25,27). The Morgan fingerprint density at radius 3 is 2.07 bits per heavy atom. The average Bonchev–Trinajstić information content (AvgIpc) is 3.28. The molecule has 0 spiro atoms. The molecule has 136 valence electrons. The fraction of sp³-hybridized carbons (Fsp3) is 0.227. The minimum atomic E-state index is -0.231. The quantitative estimate of drug-likeness (QED) is 0.757. The Hall–Kier alpha value is -3.21. The molecule has 1 aliphatic rings.